The Labute approximate surface area is 228 Å². The molecule has 4 atom stereocenters. The Kier molecular flexibility index (Phi) is 7.22. The van der Waals surface area contributed by atoms with Gasteiger partial charge in [-0.05, 0) is 44.5 Å². The highest BCUT2D eigenvalue weighted by Gasteiger charge is 2.36. The number of rotatable bonds is 6. The van der Waals surface area contributed by atoms with E-state index in [-0.39, 0.29) is 11.8 Å². The Morgan fingerprint density at radius 2 is 1.85 bits per heavy atom. The Balaban J connectivity index is 1.31. The fourth-order valence-corrected chi connectivity index (χ4v) is 5.46. The summed E-state index contributed by atoms with van der Waals surface area (Å²) in [6, 6.07) is 15.1. The number of amides is 1. The third-order valence-corrected chi connectivity index (χ3v) is 9.25. The summed E-state index contributed by atoms with van der Waals surface area (Å²) in [7, 11) is -3.85. The number of aromatic nitrogens is 1. The van der Waals surface area contributed by atoms with Crippen LogP contribution in [0, 0.1) is 11.8 Å². The molecule has 5 rings (SSSR count). The summed E-state index contributed by atoms with van der Waals surface area (Å²) in [5.74, 6) is -0.818. The summed E-state index contributed by atoms with van der Waals surface area (Å²) < 4.78 is 38.0. The summed E-state index contributed by atoms with van der Waals surface area (Å²) >= 11 is 0. The lowest BCUT2D eigenvalue weighted by atomic mass is 9.81. The summed E-state index contributed by atoms with van der Waals surface area (Å²) in [6.07, 6.45) is 8.47. The molecule has 1 aromatic heterocycles. The van der Waals surface area contributed by atoms with Crippen LogP contribution in [-0.2, 0) is 21.2 Å². The van der Waals surface area contributed by atoms with Gasteiger partial charge in [-0.25, -0.2) is 13.4 Å². The van der Waals surface area contributed by atoms with Crippen LogP contribution in [0.25, 0.3) is 11.5 Å². The maximum Gasteiger partial charge on any atom is 0.241 e. The van der Waals surface area contributed by atoms with Gasteiger partial charge in [0.1, 0.15) is 12.0 Å². The van der Waals surface area contributed by atoms with E-state index >= 15 is 0 Å². The molecule has 3 aromatic rings. The predicted octanol–water partition coefficient (Wildman–Crippen LogP) is 4.70. The molecule has 9 heteroatoms. The first-order valence-corrected chi connectivity index (χ1v) is 14.4. The Morgan fingerprint density at radius 3 is 2.59 bits per heavy atom. The van der Waals surface area contributed by atoms with Gasteiger partial charge in [0.2, 0.25) is 21.8 Å². The molecule has 0 bridgehead atoms. The number of fused-ring (bicyclic) bond motifs is 1. The topological polar surface area (TPSA) is 119 Å². The van der Waals surface area contributed by atoms with Crippen LogP contribution in [0.2, 0.25) is 0 Å². The van der Waals surface area contributed by atoms with E-state index in [1.165, 1.54) is 0 Å². The van der Waals surface area contributed by atoms with Gasteiger partial charge in [-0.1, -0.05) is 54.6 Å². The molecule has 2 heterocycles. The second-order valence-corrected chi connectivity index (χ2v) is 13.4. The molecule has 0 spiro atoms. The minimum atomic E-state index is -3.85. The van der Waals surface area contributed by atoms with E-state index in [9.17, 15) is 18.3 Å². The smallest absolute Gasteiger partial charge is 0.241 e. The number of ether oxygens (including phenoxy) is 1. The molecule has 0 saturated carbocycles. The van der Waals surface area contributed by atoms with Gasteiger partial charge in [-0.2, -0.15) is 0 Å². The molecule has 8 nitrogen and oxygen atoms in total. The largest absolute Gasteiger partial charge is 0.493 e. The highest BCUT2D eigenvalue weighted by Crippen LogP contribution is 2.40. The zero-order valence-corrected chi connectivity index (χ0v) is 22.9. The number of carbonyl (C=O) groups excluding carboxylic acids is 1. The van der Waals surface area contributed by atoms with Gasteiger partial charge in [-0.15, -0.1) is 0 Å². The summed E-state index contributed by atoms with van der Waals surface area (Å²) in [5, 5.41) is 11.2. The molecule has 39 heavy (non-hydrogen) atoms. The minimum Gasteiger partial charge on any atom is -0.493 e. The number of nitrogens with one attached hydrogen (secondary N) is 1. The Hall–Kier alpha value is -3.69. The van der Waals surface area contributed by atoms with Crippen molar-refractivity contribution in [2.24, 2.45) is 11.8 Å². The molecular formula is C30H32N2O6S. The van der Waals surface area contributed by atoms with Crippen molar-refractivity contribution in [3.8, 4) is 17.2 Å². The monoisotopic (exact) mass is 548 g/mol. The zero-order valence-electron chi connectivity index (χ0n) is 22.1. The standard InChI is InChI=1S/C30H32N2O6S/c1-30(2,3)39(35,36)32-28(34)24-12-8-7-11-23(24)20-13-14-25-26(16-20)37-17-21(27(25)33)15-22-18-38-29(31-22)19-9-5-4-6-10-19/h4-14,16,18,21,23-24,27,33H,15,17H2,1-3H3,(H,32,34)/t21-,23?,24?,27+/m1/s1. The second kappa shape index (κ2) is 10.5. The molecule has 2 unspecified atom stereocenters. The second-order valence-electron chi connectivity index (χ2n) is 10.9. The Bertz CT molecular complexity index is 1520. The van der Waals surface area contributed by atoms with Gasteiger partial charge in [-0.3, -0.25) is 9.52 Å². The van der Waals surface area contributed by atoms with E-state index in [4.69, 9.17) is 9.15 Å². The number of nitrogens with zero attached hydrogens (tertiary/aromatic N) is 1. The van der Waals surface area contributed by atoms with Gasteiger partial charge in [0.25, 0.3) is 0 Å². The molecular weight excluding hydrogens is 516 g/mol. The number of benzene rings is 2. The van der Waals surface area contributed by atoms with Gasteiger partial charge in [0, 0.05) is 29.4 Å². The van der Waals surface area contributed by atoms with Gasteiger partial charge in [0.15, 0.2) is 0 Å². The van der Waals surface area contributed by atoms with Crippen LogP contribution in [0.3, 0.4) is 0 Å². The van der Waals surface area contributed by atoms with Crippen molar-refractivity contribution in [1.82, 2.24) is 9.71 Å². The first-order chi connectivity index (χ1) is 18.5. The van der Waals surface area contributed by atoms with Crippen molar-refractivity contribution in [2.45, 2.75) is 44.0 Å². The lowest BCUT2D eigenvalue weighted by molar-refractivity contribution is -0.122. The third-order valence-electron chi connectivity index (χ3n) is 7.16. The van der Waals surface area contributed by atoms with E-state index in [1.54, 1.807) is 39.2 Å². The molecule has 0 radical (unpaired) electrons. The lowest BCUT2D eigenvalue weighted by Crippen LogP contribution is -2.45. The lowest BCUT2D eigenvalue weighted by Gasteiger charge is -2.31. The van der Waals surface area contributed by atoms with Crippen LogP contribution in [-0.4, -0.2) is 35.8 Å². The van der Waals surface area contributed by atoms with Crippen LogP contribution in [0.1, 0.15) is 49.6 Å². The van der Waals surface area contributed by atoms with Crippen LogP contribution in [0.15, 0.2) is 83.5 Å². The molecule has 2 N–H and O–H groups in total. The van der Waals surface area contributed by atoms with E-state index in [2.05, 4.69) is 9.71 Å². The van der Waals surface area contributed by atoms with E-state index < -0.39 is 32.7 Å². The van der Waals surface area contributed by atoms with Crippen LogP contribution in [0.5, 0.6) is 5.75 Å². The van der Waals surface area contributed by atoms with Crippen molar-refractivity contribution in [3.63, 3.8) is 0 Å². The van der Waals surface area contributed by atoms with Crippen LogP contribution in [0.4, 0.5) is 0 Å². The normalized spacial score (nSPS) is 22.7. The maximum atomic E-state index is 13.0. The molecule has 1 amide bonds. The summed E-state index contributed by atoms with van der Waals surface area (Å²) in [6.45, 7) is 4.92. The number of sulfonamides is 1. The number of oxazole rings is 1. The number of aliphatic hydroxyl groups excluding tert-OH is 1. The van der Waals surface area contributed by atoms with Crippen LogP contribution < -0.4 is 9.46 Å². The third kappa shape index (κ3) is 5.55. The number of allylic oxidation sites excluding steroid dienone is 3. The molecule has 0 saturated heterocycles. The van der Waals surface area contributed by atoms with Crippen LogP contribution >= 0.6 is 0 Å². The minimum absolute atomic E-state index is 0.212. The zero-order chi connectivity index (χ0) is 27.8. The van der Waals surface area contributed by atoms with Crippen molar-refractivity contribution in [1.29, 1.82) is 0 Å². The molecule has 204 valence electrons. The van der Waals surface area contributed by atoms with Gasteiger partial charge < -0.3 is 14.3 Å². The summed E-state index contributed by atoms with van der Waals surface area (Å²) in [4.78, 5) is 17.6. The first-order valence-electron chi connectivity index (χ1n) is 12.9. The fourth-order valence-electron chi connectivity index (χ4n) is 4.75. The number of aliphatic hydroxyl groups is 1. The summed E-state index contributed by atoms with van der Waals surface area (Å²) in [5.41, 5.74) is 3.07. The van der Waals surface area contributed by atoms with Crippen molar-refractivity contribution in [2.75, 3.05) is 6.61 Å². The van der Waals surface area contributed by atoms with E-state index in [0.717, 1.165) is 16.8 Å². The quantitative estimate of drug-likeness (QED) is 0.458. The molecule has 2 aromatic carbocycles. The molecule has 0 fully saturated rings. The first kappa shape index (κ1) is 26.9. The fraction of sp³-hybridized carbons (Fsp3) is 0.333. The van der Waals surface area contributed by atoms with Crippen molar-refractivity contribution < 1.29 is 27.5 Å². The van der Waals surface area contributed by atoms with E-state index in [1.807, 2.05) is 60.7 Å². The average molecular weight is 549 g/mol. The molecule has 2 aliphatic rings. The average Bonchev–Trinajstić information content (AvgIpc) is 3.38. The number of carbonyl (C=O) groups is 1. The van der Waals surface area contributed by atoms with Gasteiger partial charge in [0.05, 0.1) is 29.1 Å². The Morgan fingerprint density at radius 1 is 1.10 bits per heavy atom. The van der Waals surface area contributed by atoms with E-state index in [0.29, 0.717) is 30.2 Å². The molecule has 1 aliphatic carbocycles. The SMILES string of the molecule is CC(C)(C)S(=O)(=O)NC(=O)C1C=CC=CC1c1ccc2c(c1)OC[C@@H](Cc1coc(-c3ccccc3)n1)[C@@H]2O. The highest BCUT2D eigenvalue weighted by molar-refractivity contribution is 7.91. The highest BCUT2D eigenvalue weighted by atomic mass is 32.2. The number of hydrogen-bond donors (Lipinski definition) is 2. The molecule has 1 aliphatic heterocycles. The number of hydrogen-bond acceptors (Lipinski definition) is 7. The maximum absolute atomic E-state index is 13.0. The van der Waals surface area contributed by atoms with Gasteiger partial charge >= 0.3 is 0 Å². The van der Waals surface area contributed by atoms with Crippen molar-refractivity contribution in [3.05, 3.63) is 95.9 Å². The van der Waals surface area contributed by atoms with Crippen molar-refractivity contribution >= 4 is 15.9 Å². The predicted molar refractivity (Wildman–Crippen MR) is 147 cm³/mol.